The monoisotopic (exact) mass is 335 g/mol. The van der Waals surface area contributed by atoms with Crippen molar-refractivity contribution in [2.75, 3.05) is 34.3 Å². The molecule has 0 aliphatic carbocycles. The van der Waals surface area contributed by atoms with Crippen LogP contribution in [0.2, 0.25) is 0 Å². The number of aliphatic hydroxyl groups is 1. The maximum atomic E-state index is 12.0. The molecule has 1 saturated heterocycles. The minimum absolute atomic E-state index is 0.0298. The van der Waals surface area contributed by atoms with Crippen LogP contribution in [-0.4, -0.2) is 65.7 Å². The number of hydrogen-bond donors (Lipinski definition) is 1. The Morgan fingerprint density at radius 2 is 2.17 bits per heavy atom. The molecule has 24 heavy (non-hydrogen) atoms. The molecule has 1 aromatic rings. The number of aromatic nitrogens is 1. The van der Waals surface area contributed by atoms with E-state index in [-0.39, 0.29) is 12.3 Å². The lowest BCUT2D eigenvalue weighted by Crippen LogP contribution is -2.50. The van der Waals surface area contributed by atoms with Gasteiger partial charge in [0.2, 0.25) is 11.8 Å². The first kappa shape index (κ1) is 18.7. The van der Waals surface area contributed by atoms with Gasteiger partial charge in [-0.05, 0) is 44.4 Å². The number of piperidine rings is 1. The van der Waals surface area contributed by atoms with Gasteiger partial charge >= 0.3 is 0 Å². The largest absolute Gasteiger partial charge is 0.481 e. The van der Waals surface area contributed by atoms with E-state index in [1.807, 2.05) is 13.0 Å². The second-order valence-electron chi connectivity index (χ2n) is 7.05. The zero-order valence-electron chi connectivity index (χ0n) is 15.4. The molecule has 2 heterocycles. The third-order valence-electron chi connectivity index (χ3n) is 4.73. The lowest BCUT2D eigenvalue weighted by molar-refractivity contribution is -0.136. The number of hydrogen-bond acceptors (Lipinski definition) is 5. The van der Waals surface area contributed by atoms with Gasteiger partial charge in [-0.15, -0.1) is 0 Å². The lowest BCUT2D eigenvalue weighted by atomic mass is 9.88. The van der Waals surface area contributed by atoms with Gasteiger partial charge in [0.15, 0.2) is 0 Å². The molecule has 1 atom stereocenters. The van der Waals surface area contributed by atoms with Gasteiger partial charge in [-0.1, -0.05) is 0 Å². The van der Waals surface area contributed by atoms with Crippen molar-refractivity contribution in [3.63, 3.8) is 0 Å². The predicted octanol–water partition coefficient (Wildman–Crippen LogP) is 1.51. The molecular weight excluding hydrogens is 306 g/mol. The number of β-amino-alcohol motifs (C(OH)–C–C–N with tert-alkyl or cyclic N) is 1. The summed E-state index contributed by atoms with van der Waals surface area (Å²) in [6, 6.07) is 1.94. The molecule has 1 aliphatic heterocycles. The van der Waals surface area contributed by atoms with Crippen molar-refractivity contribution in [1.29, 1.82) is 0 Å². The van der Waals surface area contributed by atoms with Crippen molar-refractivity contribution in [1.82, 2.24) is 14.8 Å². The third-order valence-corrected chi connectivity index (χ3v) is 4.73. The van der Waals surface area contributed by atoms with Gasteiger partial charge in [0, 0.05) is 38.9 Å². The van der Waals surface area contributed by atoms with Crippen LogP contribution in [0.1, 0.15) is 36.1 Å². The number of carbonyl (C=O) groups excluding carboxylic acids is 1. The van der Waals surface area contributed by atoms with E-state index in [0.29, 0.717) is 18.8 Å². The van der Waals surface area contributed by atoms with Gasteiger partial charge in [-0.2, -0.15) is 0 Å². The molecule has 1 aliphatic rings. The molecule has 0 saturated carbocycles. The first-order chi connectivity index (χ1) is 11.2. The molecule has 6 nitrogen and oxygen atoms in total. The Labute approximate surface area is 144 Å². The number of rotatable bonds is 5. The highest BCUT2D eigenvalue weighted by molar-refractivity contribution is 5.76. The topological polar surface area (TPSA) is 65.9 Å². The summed E-state index contributed by atoms with van der Waals surface area (Å²) in [6.45, 7) is 6.20. The van der Waals surface area contributed by atoms with E-state index in [4.69, 9.17) is 4.74 Å². The molecule has 0 radical (unpaired) electrons. The second-order valence-corrected chi connectivity index (χ2v) is 7.05. The Balaban J connectivity index is 2.09. The SMILES string of the molecule is COc1cc(C)c(CN2CCCC(O)(CC(=O)N(C)C)C2)c(C)n1. The maximum absolute atomic E-state index is 12.0. The second kappa shape index (κ2) is 7.49. The summed E-state index contributed by atoms with van der Waals surface area (Å²) < 4.78 is 5.21. The van der Waals surface area contributed by atoms with Crippen LogP contribution in [0.3, 0.4) is 0 Å². The predicted molar refractivity (Wildman–Crippen MR) is 93.0 cm³/mol. The van der Waals surface area contributed by atoms with Gasteiger partial charge < -0.3 is 14.7 Å². The van der Waals surface area contributed by atoms with E-state index in [9.17, 15) is 9.90 Å². The van der Waals surface area contributed by atoms with E-state index in [0.717, 1.165) is 30.8 Å². The fraction of sp³-hybridized carbons (Fsp3) is 0.667. The minimum atomic E-state index is -0.943. The summed E-state index contributed by atoms with van der Waals surface area (Å²) in [4.78, 5) is 20.2. The van der Waals surface area contributed by atoms with Crippen LogP contribution >= 0.6 is 0 Å². The summed E-state index contributed by atoms with van der Waals surface area (Å²) >= 11 is 0. The van der Waals surface area contributed by atoms with Crippen molar-refractivity contribution in [3.8, 4) is 5.88 Å². The number of likely N-dealkylation sites (tertiary alicyclic amines) is 1. The van der Waals surface area contributed by atoms with Crippen LogP contribution in [0.15, 0.2) is 6.07 Å². The van der Waals surface area contributed by atoms with E-state index >= 15 is 0 Å². The molecule has 6 heteroatoms. The van der Waals surface area contributed by atoms with Crippen LogP contribution in [0.5, 0.6) is 5.88 Å². The Kier molecular flexibility index (Phi) is 5.83. The van der Waals surface area contributed by atoms with Crippen molar-refractivity contribution in [2.45, 2.75) is 45.3 Å². The van der Waals surface area contributed by atoms with Gasteiger partial charge in [0.1, 0.15) is 0 Å². The molecule has 1 aromatic heterocycles. The molecule has 0 bridgehead atoms. The molecule has 1 amide bonds. The number of methoxy groups -OCH3 is 1. The molecular formula is C18H29N3O3. The summed E-state index contributed by atoms with van der Waals surface area (Å²) in [6.07, 6.45) is 1.73. The Morgan fingerprint density at radius 3 is 2.75 bits per heavy atom. The smallest absolute Gasteiger partial charge is 0.224 e. The van der Waals surface area contributed by atoms with E-state index in [2.05, 4.69) is 16.8 Å². The van der Waals surface area contributed by atoms with Crippen LogP contribution < -0.4 is 4.74 Å². The summed E-state index contributed by atoms with van der Waals surface area (Å²) in [5.41, 5.74) is 2.31. The highest BCUT2D eigenvalue weighted by atomic mass is 16.5. The molecule has 1 fully saturated rings. The minimum Gasteiger partial charge on any atom is -0.481 e. The lowest BCUT2D eigenvalue weighted by Gasteiger charge is -2.39. The Morgan fingerprint density at radius 1 is 1.46 bits per heavy atom. The zero-order chi connectivity index (χ0) is 17.9. The quantitative estimate of drug-likeness (QED) is 0.884. The average Bonchev–Trinajstić information content (AvgIpc) is 2.50. The van der Waals surface area contributed by atoms with Crippen molar-refractivity contribution in [3.05, 3.63) is 22.9 Å². The number of pyridine rings is 1. The van der Waals surface area contributed by atoms with Crippen LogP contribution in [0.4, 0.5) is 0 Å². The standard InChI is InChI=1S/C18H29N3O3/c1-13-9-16(24-5)19-14(2)15(13)11-21-8-6-7-18(23,12-21)10-17(22)20(3)4/h9,23H,6-8,10-12H2,1-5H3. The Bertz CT molecular complexity index is 580. The highest BCUT2D eigenvalue weighted by Crippen LogP contribution is 2.28. The molecule has 1 N–H and O–H groups in total. The fourth-order valence-corrected chi connectivity index (χ4v) is 3.31. The van der Waals surface area contributed by atoms with Crippen molar-refractivity contribution >= 4 is 5.91 Å². The normalized spacial score (nSPS) is 21.6. The molecule has 1 unspecified atom stereocenters. The maximum Gasteiger partial charge on any atom is 0.224 e. The number of ether oxygens (including phenoxy) is 1. The van der Waals surface area contributed by atoms with Crippen molar-refractivity contribution < 1.29 is 14.6 Å². The number of amides is 1. The molecule has 2 rings (SSSR count). The first-order valence-electron chi connectivity index (χ1n) is 8.40. The molecule has 134 valence electrons. The number of carbonyl (C=O) groups is 1. The number of aryl methyl sites for hydroxylation is 2. The number of nitrogens with zero attached hydrogens (tertiary/aromatic N) is 3. The van der Waals surface area contributed by atoms with Gasteiger partial charge in [-0.25, -0.2) is 4.98 Å². The molecule has 0 spiro atoms. The zero-order valence-corrected chi connectivity index (χ0v) is 15.4. The third kappa shape index (κ3) is 4.45. The van der Waals surface area contributed by atoms with Crippen molar-refractivity contribution in [2.24, 2.45) is 0 Å². The van der Waals surface area contributed by atoms with E-state index in [1.54, 1.807) is 26.1 Å². The van der Waals surface area contributed by atoms with Gasteiger partial charge in [0.25, 0.3) is 0 Å². The fourth-order valence-electron chi connectivity index (χ4n) is 3.31. The van der Waals surface area contributed by atoms with E-state index < -0.39 is 5.60 Å². The Hall–Kier alpha value is -1.66. The summed E-state index contributed by atoms with van der Waals surface area (Å²) in [5, 5.41) is 10.8. The summed E-state index contributed by atoms with van der Waals surface area (Å²) in [5.74, 6) is 0.596. The van der Waals surface area contributed by atoms with Crippen LogP contribution in [0, 0.1) is 13.8 Å². The van der Waals surface area contributed by atoms with E-state index in [1.165, 1.54) is 5.56 Å². The van der Waals surface area contributed by atoms with Crippen LogP contribution in [0.25, 0.3) is 0 Å². The van der Waals surface area contributed by atoms with Gasteiger partial charge in [0.05, 0.1) is 19.1 Å². The van der Waals surface area contributed by atoms with Gasteiger partial charge in [-0.3, -0.25) is 9.69 Å². The first-order valence-corrected chi connectivity index (χ1v) is 8.40. The summed E-state index contributed by atoms with van der Waals surface area (Å²) in [7, 11) is 5.07. The highest BCUT2D eigenvalue weighted by Gasteiger charge is 2.36. The van der Waals surface area contributed by atoms with Crippen LogP contribution in [-0.2, 0) is 11.3 Å². The molecule has 0 aromatic carbocycles. The average molecular weight is 335 g/mol.